The van der Waals surface area contributed by atoms with Crippen molar-refractivity contribution in [3.8, 4) is 11.3 Å². The molecule has 0 bridgehead atoms. The van der Waals surface area contributed by atoms with Gasteiger partial charge in [-0.25, -0.2) is 4.98 Å². The van der Waals surface area contributed by atoms with Crippen LogP contribution in [0, 0.1) is 0 Å². The highest BCUT2D eigenvalue weighted by Gasteiger charge is 2.22. The standard InChI is InChI=1S/C25H28N2/c1-24(2,3)18-14-17(15-19(16-18)25(4,5)6)23-22-12-9-13-27(22)21-11-8-7-10-20(21)26-23/h7-16H,1-6H3. The minimum Gasteiger partial charge on any atom is -0.313 e. The zero-order chi connectivity index (χ0) is 19.4. The number of benzene rings is 2. The predicted molar refractivity (Wildman–Crippen MR) is 116 cm³/mol. The van der Waals surface area contributed by atoms with Crippen LogP contribution < -0.4 is 0 Å². The molecule has 4 aromatic rings. The van der Waals surface area contributed by atoms with E-state index in [0.717, 1.165) is 22.2 Å². The van der Waals surface area contributed by atoms with Gasteiger partial charge >= 0.3 is 0 Å². The van der Waals surface area contributed by atoms with Gasteiger partial charge in [-0.15, -0.1) is 0 Å². The number of aromatic nitrogens is 2. The summed E-state index contributed by atoms with van der Waals surface area (Å²) in [6.45, 7) is 13.7. The first-order valence-electron chi connectivity index (χ1n) is 9.67. The maximum absolute atomic E-state index is 5.07. The van der Waals surface area contributed by atoms with Gasteiger partial charge in [-0.2, -0.15) is 0 Å². The third-order valence-electron chi connectivity index (χ3n) is 5.30. The molecule has 0 unspecified atom stereocenters. The smallest absolute Gasteiger partial charge is 0.0950 e. The molecule has 0 saturated heterocycles. The maximum Gasteiger partial charge on any atom is 0.0950 e. The average molecular weight is 357 g/mol. The van der Waals surface area contributed by atoms with Crippen molar-refractivity contribution in [2.75, 3.05) is 0 Å². The summed E-state index contributed by atoms with van der Waals surface area (Å²) >= 11 is 0. The minimum absolute atomic E-state index is 0.0884. The molecule has 0 atom stereocenters. The number of fused-ring (bicyclic) bond motifs is 3. The number of rotatable bonds is 1. The van der Waals surface area contributed by atoms with Crippen LogP contribution in [-0.4, -0.2) is 9.38 Å². The molecule has 0 saturated carbocycles. The maximum atomic E-state index is 5.07. The zero-order valence-corrected chi connectivity index (χ0v) is 17.2. The zero-order valence-electron chi connectivity index (χ0n) is 17.2. The molecule has 0 spiro atoms. The van der Waals surface area contributed by atoms with Crippen LogP contribution in [0.1, 0.15) is 52.7 Å². The van der Waals surface area contributed by atoms with Crippen molar-refractivity contribution in [2.24, 2.45) is 0 Å². The van der Waals surface area contributed by atoms with Gasteiger partial charge in [0.15, 0.2) is 0 Å². The fourth-order valence-corrected chi connectivity index (χ4v) is 3.57. The minimum atomic E-state index is 0.0884. The lowest BCUT2D eigenvalue weighted by atomic mass is 9.79. The highest BCUT2D eigenvalue weighted by Crippen LogP contribution is 2.35. The fourth-order valence-electron chi connectivity index (χ4n) is 3.57. The van der Waals surface area contributed by atoms with Gasteiger partial charge < -0.3 is 4.40 Å². The molecule has 0 radical (unpaired) electrons. The Balaban J connectivity index is 2.07. The second-order valence-corrected chi connectivity index (χ2v) is 9.51. The average Bonchev–Trinajstić information content (AvgIpc) is 3.09. The van der Waals surface area contributed by atoms with E-state index in [0.29, 0.717) is 0 Å². The molecule has 0 fully saturated rings. The highest BCUT2D eigenvalue weighted by atomic mass is 14.9. The van der Waals surface area contributed by atoms with Gasteiger partial charge in [-0.1, -0.05) is 59.7 Å². The monoisotopic (exact) mass is 356 g/mol. The van der Waals surface area contributed by atoms with Gasteiger partial charge in [0.2, 0.25) is 0 Å². The Morgan fingerprint density at radius 3 is 1.93 bits per heavy atom. The van der Waals surface area contributed by atoms with E-state index in [9.17, 15) is 0 Å². The van der Waals surface area contributed by atoms with Gasteiger partial charge in [0.05, 0.1) is 22.2 Å². The predicted octanol–water partition coefficient (Wildman–Crippen LogP) is 6.75. The summed E-state index contributed by atoms with van der Waals surface area (Å²) in [6, 6.07) is 19.6. The van der Waals surface area contributed by atoms with E-state index >= 15 is 0 Å². The van der Waals surface area contributed by atoms with E-state index in [1.165, 1.54) is 16.7 Å². The Morgan fingerprint density at radius 2 is 1.30 bits per heavy atom. The second-order valence-electron chi connectivity index (χ2n) is 9.51. The summed E-state index contributed by atoms with van der Waals surface area (Å²) in [7, 11) is 0. The highest BCUT2D eigenvalue weighted by molar-refractivity contribution is 5.88. The summed E-state index contributed by atoms with van der Waals surface area (Å²) in [5.41, 5.74) is 8.45. The first kappa shape index (κ1) is 17.8. The molecule has 0 aliphatic carbocycles. The van der Waals surface area contributed by atoms with E-state index in [4.69, 9.17) is 4.98 Å². The van der Waals surface area contributed by atoms with Crippen LogP contribution in [0.15, 0.2) is 60.8 Å². The van der Waals surface area contributed by atoms with Crippen molar-refractivity contribution in [3.63, 3.8) is 0 Å². The van der Waals surface area contributed by atoms with Gasteiger partial charge in [0, 0.05) is 11.8 Å². The van der Waals surface area contributed by atoms with Crippen LogP contribution in [0.5, 0.6) is 0 Å². The number of hydrogen-bond acceptors (Lipinski definition) is 1. The first-order valence-corrected chi connectivity index (χ1v) is 9.67. The molecule has 2 nitrogen and oxygen atoms in total. The van der Waals surface area contributed by atoms with E-state index in [1.807, 2.05) is 0 Å². The van der Waals surface area contributed by atoms with Gasteiger partial charge in [0.25, 0.3) is 0 Å². The molecule has 0 aliphatic heterocycles. The Bertz CT molecular complexity index is 1100. The largest absolute Gasteiger partial charge is 0.313 e. The van der Waals surface area contributed by atoms with Crippen LogP contribution in [-0.2, 0) is 10.8 Å². The summed E-state index contributed by atoms with van der Waals surface area (Å²) in [4.78, 5) is 5.07. The molecule has 0 aliphatic rings. The molecule has 4 rings (SSSR count). The van der Waals surface area contributed by atoms with Gasteiger partial charge in [-0.05, 0) is 58.4 Å². The van der Waals surface area contributed by atoms with Crippen molar-refractivity contribution in [1.82, 2.24) is 9.38 Å². The van der Waals surface area contributed by atoms with Crippen LogP contribution in [0.3, 0.4) is 0 Å². The van der Waals surface area contributed by atoms with Crippen molar-refractivity contribution in [1.29, 1.82) is 0 Å². The first-order chi connectivity index (χ1) is 12.6. The van der Waals surface area contributed by atoms with Crippen molar-refractivity contribution in [2.45, 2.75) is 52.4 Å². The third-order valence-corrected chi connectivity index (χ3v) is 5.30. The van der Waals surface area contributed by atoms with Crippen molar-refractivity contribution < 1.29 is 0 Å². The topological polar surface area (TPSA) is 17.3 Å². The lowest BCUT2D eigenvalue weighted by molar-refractivity contribution is 0.569. The molecule has 0 N–H and O–H groups in total. The molecule has 2 aromatic carbocycles. The van der Waals surface area contributed by atoms with Gasteiger partial charge in [-0.3, -0.25) is 0 Å². The van der Waals surface area contributed by atoms with Crippen molar-refractivity contribution in [3.05, 3.63) is 71.9 Å². The summed E-state index contributed by atoms with van der Waals surface area (Å²) < 4.78 is 2.25. The fraction of sp³-hybridized carbons (Fsp3) is 0.320. The number of hydrogen-bond donors (Lipinski definition) is 0. The number of nitrogens with zero attached hydrogens (tertiary/aromatic N) is 2. The summed E-state index contributed by atoms with van der Waals surface area (Å²) in [5, 5.41) is 0. The molecule has 2 aromatic heterocycles. The van der Waals surface area contributed by atoms with Crippen molar-refractivity contribution >= 4 is 16.6 Å². The lowest BCUT2D eigenvalue weighted by Gasteiger charge is -2.26. The number of para-hydroxylation sites is 2. The van der Waals surface area contributed by atoms with E-state index < -0.39 is 0 Å². The normalized spacial score (nSPS) is 12.8. The van der Waals surface area contributed by atoms with Crippen LogP contribution >= 0.6 is 0 Å². The quantitative estimate of drug-likeness (QED) is 0.369. The van der Waals surface area contributed by atoms with E-state index in [2.05, 4.69) is 107 Å². The Hall–Kier alpha value is -2.61. The van der Waals surface area contributed by atoms with Gasteiger partial charge in [0.1, 0.15) is 0 Å². The molecule has 0 amide bonds. The SMILES string of the molecule is CC(C)(C)c1cc(-c2nc3ccccc3n3cccc23)cc(C(C)(C)C)c1. The molecular weight excluding hydrogens is 328 g/mol. The second kappa shape index (κ2) is 5.95. The lowest BCUT2D eigenvalue weighted by Crippen LogP contribution is -2.16. The Morgan fingerprint density at radius 1 is 0.704 bits per heavy atom. The van der Waals surface area contributed by atoms with Crippen LogP contribution in [0.2, 0.25) is 0 Å². The third kappa shape index (κ3) is 3.14. The van der Waals surface area contributed by atoms with E-state index in [1.54, 1.807) is 0 Å². The summed E-state index contributed by atoms with van der Waals surface area (Å²) in [5.74, 6) is 0. The molecule has 27 heavy (non-hydrogen) atoms. The van der Waals surface area contributed by atoms with Crippen LogP contribution in [0.4, 0.5) is 0 Å². The molecular formula is C25H28N2. The molecule has 2 heteroatoms. The molecule has 2 heterocycles. The summed E-state index contributed by atoms with van der Waals surface area (Å²) in [6.07, 6.45) is 2.13. The molecule has 138 valence electrons. The Kier molecular flexibility index (Phi) is 3.92. The Labute approximate surface area is 161 Å². The van der Waals surface area contributed by atoms with E-state index in [-0.39, 0.29) is 10.8 Å². The van der Waals surface area contributed by atoms with Crippen LogP contribution in [0.25, 0.3) is 27.8 Å².